The lowest BCUT2D eigenvalue weighted by atomic mass is 10.1. The zero-order chi connectivity index (χ0) is 12.4. The minimum Gasteiger partial charge on any atom is -0.368 e. The summed E-state index contributed by atoms with van der Waals surface area (Å²) in [5.41, 5.74) is 1.10. The van der Waals surface area contributed by atoms with Gasteiger partial charge in [-0.3, -0.25) is 10.1 Å². The van der Waals surface area contributed by atoms with Crippen molar-refractivity contribution in [2.45, 2.75) is 13.0 Å². The van der Waals surface area contributed by atoms with Crippen LogP contribution in [0.2, 0.25) is 0 Å². The largest absolute Gasteiger partial charge is 0.368 e. The number of nitro groups is 1. The molecular formula is C12H17N3O2. The van der Waals surface area contributed by atoms with Crippen LogP contribution in [-0.4, -0.2) is 42.5 Å². The van der Waals surface area contributed by atoms with Crippen molar-refractivity contribution in [3.05, 3.63) is 34.4 Å². The van der Waals surface area contributed by atoms with E-state index in [9.17, 15) is 10.1 Å². The minimum absolute atomic E-state index is 0.161. The van der Waals surface area contributed by atoms with Gasteiger partial charge in [0.25, 0.3) is 5.69 Å². The lowest BCUT2D eigenvalue weighted by Gasteiger charge is -2.38. The second-order valence-corrected chi connectivity index (χ2v) is 4.55. The first-order chi connectivity index (χ1) is 8.08. The Morgan fingerprint density at radius 1 is 1.41 bits per heavy atom. The summed E-state index contributed by atoms with van der Waals surface area (Å²) in [6.45, 7) is 4.99. The van der Waals surface area contributed by atoms with E-state index in [0.717, 1.165) is 25.3 Å². The van der Waals surface area contributed by atoms with Gasteiger partial charge in [0.15, 0.2) is 0 Å². The van der Waals surface area contributed by atoms with Crippen molar-refractivity contribution in [3.63, 3.8) is 0 Å². The molecule has 0 saturated carbocycles. The molecule has 0 aromatic heterocycles. The molecule has 0 N–H and O–H groups in total. The van der Waals surface area contributed by atoms with Gasteiger partial charge >= 0.3 is 0 Å². The van der Waals surface area contributed by atoms with Crippen molar-refractivity contribution in [3.8, 4) is 0 Å². The average Bonchev–Trinajstić information content (AvgIpc) is 2.33. The van der Waals surface area contributed by atoms with Crippen LogP contribution in [0.4, 0.5) is 11.4 Å². The predicted molar refractivity (Wildman–Crippen MR) is 67.4 cm³/mol. The average molecular weight is 235 g/mol. The van der Waals surface area contributed by atoms with Gasteiger partial charge in [-0.05, 0) is 20.0 Å². The van der Waals surface area contributed by atoms with E-state index in [1.807, 2.05) is 6.07 Å². The Bertz CT molecular complexity index is 422. The van der Waals surface area contributed by atoms with Gasteiger partial charge in [0, 0.05) is 43.5 Å². The normalized spacial score (nSPS) is 21.5. The van der Waals surface area contributed by atoms with Crippen LogP contribution in [0.25, 0.3) is 0 Å². The summed E-state index contributed by atoms with van der Waals surface area (Å²) >= 11 is 0. The van der Waals surface area contributed by atoms with E-state index in [1.54, 1.807) is 12.1 Å². The first kappa shape index (κ1) is 11.9. The van der Waals surface area contributed by atoms with Gasteiger partial charge in [-0.2, -0.15) is 0 Å². The third kappa shape index (κ3) is 2.55. The molecule has 1 aromatic carbocycles. The number of nitrogens with zero attached hydrogens (tertiary/aromatic N) is 3. The summed E-state index contributed by atoms with van der Waals surface area (Å²) < 4.78 is 0. The van der Waals surface area contributed by atoms with E-state index in [1.165, 1.54) is 6.07 Å². The molecule has 92 valence electrons. The number of anilines is 1. The smallest absolute Gasteiger partial charge is 0.271 e. The molecule has 17 heavy (non-hydrogen) atoms. The summed E-state index contributed by atoms with van der Waals surface area (Å²) in [7, 11) is 2.11. The fourth-order valence-corrected chi connectivity index (χ4v) is 2.09. The highest BCUT2D eigenvalue weighted by Gasteiger charge is 2.21. The molecule has 0 bridgehead atoms. The highest BCUT2D eigenvalue weighted by Crippen LogP contribution is 2.23. The summed E-state index contributed by atoms with van der Waals surface area (Å²) in [5, 5.41) is 10.7. The molecule has 0 aliphatic carbocycles. The zero-order valence-electron chi connectivity index (χ0n) is 10.2. The number of piperazine rings is 1. The van der Waals surface area contributed by atoms with Crippen LogP contribution in [-0.2, 0) is 0 Å². The molecule has 1 fully saturated rings. The zero-order valence-corrected chi connectivity index (χ0v) is 10.2. The number of hydrogen-bond donors (Lipinski definition) is 0. The maximum atomic E-state index is 10.7. The Morgan fingerprint density at radius 3 is 2.82 bits per heavy atom. The molecule has 5 heteroatoms. The summed E-state index contributed by atoms with van der Waals surface area (Å²) in [4.78, 5) is 14.9. The molecule has 1 atom stereocenters. The van der Waals surface area contributed by atoms with Crippen molar-refractivity contribution in [1.29, 1.82) is 0 Å². The number of rotatable bonds is 2. The van der Waals surface area contributed by atoms with Gasteiger partial charge in [-0.15, -0.1) is 0 Å². The summed E-state index contributed by atoms with van der Waals surface area (Å²) in [5.74, 6) is 0. The third-order valence-corrected chi connectivity index (χ3v) is 3.37. The van der Waals surface area contributed by atoms with Crippen molar-refractivity contribution in [2.75, 3.05) is 31.6 Å². The van der Waals surface area contributed by atoms with Gasteiger partial charge in [0.05, 0.1) is 4.92 Å². The van der Waals surface area contributed by atoms with E-state index >= 15 is 0 Å². The fraction of sp³-hybridized carbons (Fsp3) is 0.500. The molecule has 0 amide bonds. The maximum Gasteiger partial charge on any atom is 0.271 e. The quantitative estimate of drug-likeness (QED) is 0.578. The van der Waals surface area contributed by atoms with E-state index in [-0.39, 0.29) is 10.6 Å². The second-order valence-electron chi connectivity index (χ2n) is 4.55. The molecular weight excluding hydrogens is 218 g/mol. The van der Waals surface area contributed by atoms with Gasteiger partial charge in [-0.25, -0.2) is 0 Å². The Labute approximate surface area is 101 Å². The Morgan fingerprint density at radius 2 is 2.18 bits per heavy atom. The number of benzene rings is 1. The molecule has 1 aromatic rings. The maximum absolute atomic E-state index is 10.7. The lowest BCUT2D eigenvalue weighted by Crippen LogP contribution is -2.50. The minimum atomic E-state index is -0.344. The van der Waals surface area contributed by atoms with E-state index in [2.05, 4.69) is 23.8 Å². The molecule has 5 nitrogen and oxygen atoms in total. The van der Waals surface area contributed by atoms with Crippen LogP contribution in [0, 0.1) is 10.1 Å². The highest BCUT2D eigenvalue weighted by atomic mass is 16.6. The standard InChI is InChI=1S/C12H17N3O2/c1-10-9-14(7-6-13(10)2)11-4-3-5-12(8-11)15(16)17/h3-5,8,10H,6-7,9H2,1-2H3. The number of non-ortho nitro benzene ring substituents is 1. The third-order valence-electron chi connectivity index (χ3n) is 3.37. The Hall–Kier alpha value is -1.62. The van der Waals surface area contributed by atoms with Gasteiger partial charge in [0.1, 0.15) is 0 Å². The van der Waals surface area contributed by atoms with Crippen LogP contribution in [0.1, 0.15) is 6.92 Å². The number of hydrogen-bond acceptors (Lipinski definition) is 4. The van der Waals surface area contributed by atoms with E-state index in [4.69, 9.17) is 0 Å². The van der Waals surface area contributed by atoms with Crippen LogP contribution < -0.4 is 4.90 Å². The van der Waals surface area contributed by atoms with E-state index in [0.29, 0.717) is 6.04 Å². The van der Waals surface area contributed by atoms with Gasteiger partial charge in [0.2, 0.25) is 0 Å². The molecule has 1 unspecified atom stereocenters. The van der Waals surface area contributed by atoms with Crippen molar-refractivity contribution in [2.24, 2.45) is 0 Å². The van der Waals surface area contributed by atoms with Gasteiger partial charge < -0.3 is 9.80 Å². The molecule has 0 radical (unpaired) electrons. The van der Waals surface area contributed by atoms with Gasteiger partial charge in [-0.1, -0.05) is 6.07 Å². The Balaban J connectivity index is 2.17. The van der Waals surface area contributed by atoms with Crippen LogP contribution in [0.3, 0.4) is 0 Å². The van der Waals surface area contributed by atoms with Crippen LogP contribution in [0.5, 0.6) is 0 Å². The number of likely N-dealkylation sites (N-methyl/N-ethyl adjacent to an activating group) is 1. The topological polar surface area (TPSA) is 49.6 Å². The van der Waals surface area contributed by atoms with Crippen LogP contribution >= 0.6 is 0 Å². The van der Waals surface area contributed by atoms with Crippen molar-refractivity contribution < 1.29 is 4.92 Å². The van der Waals surface area contributed by atoms with Crippen LogP contribution in [0.15, 0.2) is 24.3 Å². The molecule has 0 spiro atoms. The Kier molecular flexibility index (Phi) is 3.28. The first-order valence-electron chi connectivity index (χ1n) is 5.77. The molecule has 1 aliphatic rings. The fourth-order valence-electron chi connectivity index (χ4n) is 2.09. The predicted octanol–water partition coefficient (Wildman–Crippen LogP) is 1.74. The van der Waals surface area contributed by atoms with Crippen molar-refractivity contribution >= 4 is 11.4 Å². The molecule has 1 saturated heterocycles. The molecule has 1 heterocycles. The summed E-state index contributed by atoms with van der Waals surface area (Å²) in [6.07, 6.45) is 0. The van der Waals surface area contributed by atoms with Crippen molar-refractivity contribution in [1.82, 2.24) is 4.90 Å². The molecule has 1 aliphatic heterocycles. The second kappa shape index (κ2) is 4.71. The summed E-state index contributed by atoms with van der Waals surface area (Å²) in [6, 6.07) is 7.34. The van der Waals surface area contributed by atoms with E-state index < -0.39 is 0 Å². The monoisotopic (exact) mass is 235 g/mol. The lowest BCUT2D eigenvalue weighted by molar-refractivity contribution is -0.384. The first-order valence-corrected chi connectivity index (χ1v) is 5.77. The molecule has 2 rings (SSSR count). The number of nitro benzene ring substituents is 1. The SMILES string of the molecule is CC1CN(c2cccc([N+](=O)[O-])c2)CCN1C. The highest BCUT2D eigenvalue weighted by molar-refractivity contribution is 5.53.